The fraction of sp³-hybridized carbons (Fsp3) is 0.632. The Morgan fingerprint density at radius 2 is 2.14 bits per heavy atom. The lowest BCUT2D eigenvalue weighted by molar-refractivity contribution is -0.124. The monoisotopic (exact) mass is 301 g/mol. The summed E-state index contributed by atoms with van der Waals surface area (Å²) < 4.78 is 5.61. The van der Waals surface area contributed by atoms with Crippen LogP contribution in [0.15, 0.2) is 24.3 Å². The molecular formula is C19H27NO2. The van der Waals surface area contributed by atoms with Gasteiger partial charge < -0.3 is 10.1 Å². The highest BCUT2D eigenvalue weighted by Crippen LogP contribution is 2.65. The van der Waals surface area contributed by atoms with Crippen molar-refractivity contribution in [2.24, 2.45) is 16.7 Å². The summed E-state index contributed by atoms with van der Waals surface area (Å²) in [5.41, 5.74) is 1.68. The van der Waals surface area contributed by atoms with Crippen molar-refractivity contribution in [3.63, 3.8) is 0 Å². The maximum Gasteiger partial charge on any atom is 0.258 e. The molecule has 3 rings (SSSR count). The van der Waals surface area contributed by atoms with Gasteiger partial charge in [0.05, 0.1) is 0 Å². The molecule has 0 unspecified atom stereocenters. The van der Waals surface area contributed by atoms with Gasteiger partial charge in [0.1, 0.15) is 5.75 Å². The van der Waals surface area contributed by atoms with Crippen LogP contribution in [-0.2, 0) is 4.79 Å². The van der Waals surface area contributed by atoms with Gasteiger partial charge in [-0.2, -0.15) is 0 Å². The highest BCUT2D eigenvalue weighted by atomic mass is 16.5. The smallest absolute Gasteiger partial charge is 0.258 e. The number of fused-ring (bicyclic) bond motifs is 2. The van der Waals surface area contributed by atoms with E-state index in [-0.39, 0.29) is 24.0 Å². The van der Waals surface area contributed by atoms with E-state index in [0.717, 1.165) is 23.7 Å². The third kappa shape index (κ3) is 2.41. The number of hydrogen-bond acceptors (Lipinski definition) is 2. The topological polar surface area (TPSA) is 38.3 Å². The lowest BCUT2D eigenvalue weighted by Crippen LogP contribution is -2.48. The maximum atomic E-state index is 12.3. The minimum absolute atomic E-state index is 0.00363. The number of benzene rings is 1. The third-order valence-electron chi connectivity index (χ3n) is 6.49. The first kappa shape index (κ1) is 15.4. The fourth-order valence-electron chi connectivity index (χ4n) is 4.51. The Kier molecular flexibility index (Phi) is 3.70. The Labute approximate surface area is 133 Å². The third-order valence-corrected chi connectivity index (χ3v) is 6.49. The highest BCUT2D eigenvalue weighted by Gasteiger charge is 2.61. The molecule has 120 valence electrons. The molecule has 0 saturated heterocycles. The summed E-state index contributed by atoms with van der Waals surface area (Å²) in [6.07, 6.45) is 3.63. The molecule has 0 heterocycles. The first-order chi connectivity index (χ1) is 10.3. The van der Waals surface area contributed by atoms with Crippen molar-refractivity contribution in [3.8, 4) is 5.75 Å². The van der Waals surface area contributed by atoms with E-state index in [4.69, 9.17) is 4.74 Å². The number of aryl methyl sites for hydroxylation is 1. The largest absolute Gasteiger partial charge is 0.484 e. The van der Waals surface area contributed by atoms with Crippen LogP contribution >= 0.6 is 0 Å². The van der Waals surface area contributed by atoms with Gasteiger partial charge in [0.2, 0.25) is 0 Å². The molecule has 3 nitrogen and oxygen atoms in total. The average Bonchev–Trinajstić information content (AvgIpc) is 2.78. The molecule has 1 aromatic carbocycles. The van der Waals surface area contributed by atoms with Crippen LogP contribution in [-0.4, -0.2) is 18.6 Å². The Balaban J connectivity index is 1.57. The zero-order chi connectivity index (χ0) is 16.0. The van der Waals surface area contributed by atoms with Crippen LogP contribution in [0.3, 0.4) is 0 Å². The second-order valence-electron chi connectivity index (χ2n) is 7.84. The number of amides is 1. The first-order valence-electron chi connectivity index (χ1n) is 8.32. The highest BCUT2D eigenvalue weighted by molar-refractivity contribution is 5.78. The van der Waals surface area contributed by atoms with E-state index >= 15 is 0 Å². The van der Waals surface area contributed by atoms with Crippen LogP contribution in [0, 0.1) is 23.7 Å². The summed E-state index contributed by atoms with van der Waals surface area (Å²) >= 11 is 0. The molecule has 2 fully saturated rings. The van der Waals surface area contributed by atoms with E-state index in [1.807, 2.05) is 31.2 Å². The van der Waals surface area contributed by atoms with E-state index < -0.39 is 0 Å². The van der Waals surface area contributed by atoms with Gasteiger partial charge in [0.15, 0.2) is 6.61 Å². The molecule has 2 aliphatic carbocycles. The van der Waals surface area contributed by atoms with Gasteiger partial charge in [-0.15, -0.1) is 0 Å². The molecule has 2 aliphatic rings. The van der Waals surface area contributed by atoms with Crippen LogP contribution < -0.4 is 10.1 Å². The summed E-state index contributed by atoms with van der Waals surface area (Å²) in [5.74, 6) is 1.49. The van der Waals surface area contributed by atoms with Crippen molar-refractivity contribution < 1.29 is 9.53 Å². The van der Waals surface area contributed by atoms with Crippen molar-refractivity contribution in [2.75, 3.05) is 6.61 Å². The predicted molar refractivity (Wildman–Crippen MR) is 87.8 cm³/mol. The molecule has 1 N–H and O–H groups in total. The summed E-state index contributed by atoms with van der Waals surface area (Å²) in [7, 11) is 0. The number of carbonyl (C=O) groups excluding carboxylic acids is 1. The Hall–Kier alpha value is -1.51. The van der Waals surface area contributed by atoms with E-state index in [1.165, 1.54) is 12.8 Å². The quantitative estimate of drug-likeness (QED) is 0.921. The molecule has 3 heteroatoms. The molecule has 0 aliphatic heterocycles. The zero-order valence-electron chi connectivity index (χ0n) is 14.1. The van der Waals surface area contributed by atoms with Gasteiger partial charge in [-0.1, -0.05) is 32.9 Å². The van der Waals surface area contributed by atoms with Gasteiger partial charge in [-0.3, -0.25) is 4.79 Å². The van der Waals surface area contributed by atoms with Crippen LogP contribution in [0.1, 0.15) is 45.6 Å². The first-order valence-corrected chi connectivity index (χ1v) is 8.32. The molecule has 0 radical (unpaired) electrons. The molecule has 1 aromatic rings. The van der Waals surface area contributed by atoms with Gasteiger partial charge in [-0.05, 0) is 60.6 Å². The van der Waals surface area contributed by atoms with E-state index in [0.29, 0.717) is 5.41 Å². The Morgan fingerprint density at radius 3 is 2.73 bits per heavy atom. The van der Waals surface area contributed by atoms with E-state index in [9.17, 15) is 4.79 Å². The van der Waals surface area contributed by atoms with Crippen molar-refractivity contribution in [2.45, 2.75) is 53.0 Å². The number of nitrogens with one attached hydrogen (secondary N) is 1. The minimum atomic E-state index is -0.00363. The van der Waals surface area contributed by atoms with Crippen LogP contribution in [0.5, 0.6) is 5.75 Å². The number of carbonyl (C=O) groups is 1. The standard InChI is InChI=1S/C19H27NO2/c1-13-6-5-7-15(10-13)22-12-17(21)20-16-11-14-8-9-19(16,4)18(14,2)3/h5-7,10,14,16H,8-9,11-12H2,1-4H3,(H,20,21)/t14-,16+,19-/m0/s1. The van der Waals surface area contributed by atoms with Crippen molar-refractivity contribution in [3.05, 3.63) is 29.8 Å². The lowest BCUT2D eigenvalue weighted by Gasteiger charge is -2.39. The fourth-order valence-corrected chi connectivity index (χ4v) is 4.51. The second kappa shape index (κ2) is 5.29. The Bertz CT molecular complexity index is 581. The maximum absolute atomic E-state index is 12.3. The molecule has 22 heavy (non-hydrogen) atoms. The molecule has 0 spiro atoms. The Morgan fingerprint density at radius 1 is 1.36 bits per heavy atom. The molecular weight excluding hydrogens is 274 g/mol. The molecule has 1 amide bonds. The normalized spacial score (nSPS) is 32.0. The summed E-state index contributed by atoms with van der Waals surface area (Å²) in [6, 6.07) is 8.10. The average molecular weight is 301 g/mol. The predicted octanol–water partition coefficient (Wildman–Crippen LogP) is 3.70. The number of ether oxygens (including phenoxy) is 1. The van der Waals surface area contributed by atoms with Gasteiger partial charge >= 0.3 is 0 Å². The summed E-state index contributed by atoms with van der Waals surface area (Å²) in [4.78, 5) is 12.3. The van der Waals surface area contributed by atoms with Gasteiger partial charge in [0.25, 0.3) is 5.91 Å². The minimum Gasteiger partial charge on any atom is -0.484 e. The van der Waals surface area contributed by atoms with Crippen LogP contribution in [0.25, 0.3) is 0 Å². The van der Waals surface area contributed by atoms with E-state index in [2.05, 4.69) is 26.1 Å². The summed E-state index contributed by atoms with van der Waals surface area (Å²) in [5, 5.41) is 3.23. The van der Waals surface area contributed by atoms with Gasteiger partial charge in [0, 0.05) is 6.04 Å². The molecule has 3 atom stereocenters. The van der Waals surface area contributed by atoms with Crippen molar-refractivity contribution in [1.29, 1.82) is 0 Å². The van der Waals surface area contributed by atoms with Crippen LogP contribution in [0.2, 0.25) is 0 Å². The van der Waals surface area contributed by atoms with E-state index in [1.54, 1.807) is 0 Å². The number of hydrogen-bond donors (Lipinski definition) is 1. The lowest BCUT2D eigenvalue weighted by atomic mass is 9.69. The zero-order valence-corrected chi connectivity index (χ0v) is 14.1. The number of rotatable bonds is 4. The summed E-state index contributed by atoms with van der Waals surface area (Å²) in [6.45, 7) is 9.18. The molecule has 2 bridgehead atoms. The second-order valence-corrected chi connectivity index (χ2v) is 7.84. The van der Waals surface area contributed by atoms with Crippen LogP contribution in [0.4, 0.5) is 0 Å². The molecule has 2 saturated carbocycles. The molecule has 0 aromatic heterocycles. The van der Waals surface area contributed by atoms with Gasteiger partial charge in [-0.25, -0.2) is 0 Å². The van der Waals surface area contributed by atoms with Crippen molar-refractivity contribution in [1.82, 2.24) is 5.32 Å². The van der Waals surface area contributed by atoms with Crippen molar-refractivity contribution >= 4 is 5.91 Å². The SMILES string of the molecule is Cc1cccc(OCC(=O)N[C@@H]2C[C@@H]3CC[C@]2(C)C3(C)C)c1.